The van der Waals surface area contributed by atoms with Crippen molar-refractivity contribution >= 4 is 27.6 Å². The maximum Gasteiger partial charge on any atom is 0.159 e. The molecule has 4 N–H and O–H groups in total. The molecule has 8 nitrogen and oxygen atoms in total. The molecule has 0 aliphatic heterocycles. The van der Waals surface area contributed by atoms with E-state index in [2.05, 4.69) is 30.1 Å². The topological polar surface area (TPSA) is 122 Å². The lowest BCUT2D eigenvalue weighted by molar-refractivity contribution is 0.628. The van der Waals surface area contributed by atoms with Crippen molar-refractivity contribution in [3.63, 3.8) is 0 Å². The first-order valence-corrected chi connectivity index (χ1v) is 9.82. The van der Waals surface area contributed by atoms with E-state index in [1.807, 2.05) is 18.2 Å². The molecule has 0 aliphatic rings. The maximum absolute atomic E-state index is 13.8. The lowest BCUT2D eigenvalue weighted by Gasteiger charge is -2.02. The molecular weight excluding hydrogens is 407 g/mol. The molecule has 0 aliphatic carbocycles. The monoisotopic (exact) mass is 422 g/mol. The Kier molecular flexibility index (Phi) is 3.94. The molecule has 9 heteroatoms. The SMILES string of the molecule is Nc1cncc(-c2cc3c(-c4nc5c(-c6cccc(F)c6)nccc5[nH]4)n[nH]c3cn2)c1. The predicted octanol–water partition coefficient (Wildman–Crippen LogP) is 4.35. The summed E-state index contributed by atoms with van der Waals surface area (Å²) in [5.41, 5.74) is 12.0. The van der Waals surface area contributed by atoms with E-state index in [4.69, 9.17) is 10.7 Å². The van der Waals surface area contributed by atoms with E-state index in [0.717, 1.165) is 27.7 Å². The highest BCUT2D eigenvalue weighted by Gasteiger charge is 2.17. The van der Waals surface area contributed by atoms with E-state index in [1.54, 1.807) is 36.9 Å². The van der Waals surface area contributed by atoms with E-state index in [9.17, 15) is 4.39 Å². The summed E-state index contributed by atoms with van der Waals surface area (Å²) >= 11 is 0. The highest BCUT2D eigenvalue weighted by Crippen LogP contribution is 2.31. The number of aromatic nitrogens is 7. The van der Waals surface area contributed by atoms with Crippen molar-refractivity contribution in [1.29, 1.82) is 0 Å². The Labute approximate surface area is 180 Å². The van der Waals surface area contributed by atoms with Crippen molar-refractivity contribution in [3.05, 3.63) is 73.1 Å². The van der Waals surface area contributed by atoms with Gasteiger partial charge < -0.3 is 10.7 Å². The fourth-order valence-electron chi connectivity index (χ4n) is 3.75. The molecule has 0 spiro atoms. The van der Waals surface area contributed by atoms with Gasteiger partial charge in [0.25, 0.3) is 0 Å². The van der Waals surface area contributed by atoms with Gasteiger partial charge in [-0.3, -0.25) is 20.1 Å². The Bertz CT molecular complexity index is 1620. The Morgan fingerprint density at radius 1 is 0.875 bits per heavy atom. The van der Waals surface area contributed by atoms with Crippen LogP contribution in [0.25, 0.3) is 56.0 Å². The number of rotatable bonds is 3. The zero-order chi connectivity index (χ0) is 21.7. The Morgan fingerprint density at radius 3 is 2.69 bits per heavy atom. The molecule has 0 radical (unpaired) electrons. The fourth-order valence-corrected chi connectivity index (χ4v) is 3.75. The summed E-state index contributed by atoms with van der Waals surface area (Å²) in [6.45, 7) is 0. The quantitative estimate of drug-likeness (QED) is 0.390. The molecule has 0 saturated carbocycles. The van der Waals surface area contributed by atoms with Gasteiger partial charge in [0.05, 0.1) is 34.3 Å². The number of hydrogen-bond acceptors (Lipinski definition) is 6. The number of halogens is 1. The molecule has 0 bridgehead atoms. The minimum absolute atomic E-state index is 0.327. The van der Waals surface area contributed by atoms with Crippen molar-refractivity contribution in [2.75, 3.05) is 5.73 Å². The Hall–Kier alpha value is -4.66. The highest BCUT2D eigenvalue weighted by molar-refractivity contribution is 5.96. The molecule has 0 unspecified atom stereocenters. The van der Waals surface area contributed by atoms with E-state index in [0.29, 0.717) is 34.0 Å². The van der Waals surface area contributed by atoms with Gasteiger partial charge in [-0.05, 0) is 30.3 Å². The summed E-state index contributed by atoms with van der Waals surface area (Å²) in [4.78, 5) is 21.1. The largest absolute Gasteiger partial charge is 0.397 e. The van der Waals surface area contributed by atoms with Crippen molar-refractivity contribution in [2.24, 2.45) is 0 Å². The van der Waals surface area contributed by atoms with Gasteiger partial charge in [0.15, 0.2) is 5.82 Å². The van der Waals surface area contributed by atoms with Crippen LogP contribution in [0.15, 0.2) is 67.3 Å². The molecule has 0 fully saturated rings. The molecule has 0 atom stereocenters. The first kappa shape index (κ1) is 18.1. The number of aromatic amines is 2. The minimum Gasteiger partial charge on any atom is -0.397 e. The molecule has 0 saturated heterocycles. The Morgan fingerprint density at radius 2 is 1.81 bits per heavy atom. The fraction of sp³-hybridized carbons (Fsp3) is 0. The summed E-state index contributed by atoms with van der Waals surface area (Å²) in [6, 6.07) is 11.9. The lowest BCUT2D eigenvalue weighted by atomic mass is 10.1. The van der Waals surface area contributed by atoms with Crippen LogP contribution in [-0.4, -0.2) is 35.1 Å². The smallest absolute Gasteiger partial charge is 0.159 e. The number of H-pyrrole nitrogens is 2. The summed E-state index contributed by atoms with van der Waals surface area (Å²) in [5.74, 6) is 0.242. The number of imidazole rings is 1. The van der Waals surface area contributed by atoms with Gasteiger partial charge in [0, 0.05) is 35.1 Å². The Balaban J connectivity index is 1.51. The van der Waals surface area contributed by atoms with E-state index >= 15 is 0 Å². The van der Waals surface area contributed by atoms with Crippen molar-refractivity contribution in [1.82, 2.24) is 35.1 Å². The lowest BCUT2D eigenvalue weighted by Crippen LogP contribution is -1.90. The van der Waals surface area contributed by atoms with Crippen LogP contribution >= 0.6 is 0 Å². The second-order valence-corrected chi connectivity index (χ2v) is 7.35. The molecule has 1 aromatic carbocycles. The van der Waals surface area contributed by atoms with Crippen LogP contribution in [0, 0.1) is 5.82 Å². The summed E-state index contributed by atoms with van der Waals surface area (Å²) in [7, 11) is 0. The average Bonchev–Trinajstić information content (AvgIpc) is 3.42. The first-order valence-electron chi connectivity index (χ1n) is 9.82. The maximum atomic E-state index is 13.8. The number of pyridine rings is 3. The van der Waals surface area contributed by atoms with Crippen LogP contribution in [0.2, 0.25) is 0 Å². The number of fused-ring (bicyclic) bond motifs is 2. The predicted molar refractivity (Wildman–Crippen MR) is 120 cm³/mol. The number of nitrogens with one attached hydrogen (secondary N) is 2. The number of nitrogens with two attached hydrogens (primary N) is 1. The van der Waals surface area contributed by atoms with Crippen LogP contribution in [-0.2, 0) is 0 Å². The zero-order valence-corrected chi connectivity index (χ0v) is 16.5. The third-order valence-electron chi connectivity index (χ3n) is 5.23. The molecule has 32 heavy (non-hydrogen) atoms. The second kappa shape index (κ2) is 6.95. The zero-order valence-electron chi connectivity index (χ0n) is 16.5. The minimum atomic E-state index is -0.327. The van der Waals surface area contributed by atoms with Crippen molar-refractivity contribution in [2.45, 2.75) is 0 Å². The normalized spacial score (nSPS) is 11.4. The number of nitrogen functional groups attached to an aromatic ring is 1. The molecule has 5 aromatic heterocycles. The molecular formula is C23H15FN8. The number of hydrogen-bond donors (Lipinski definition) is 3. The molecule has 0 amide bonds. The molecule has 6 rings (SSSR count). The van der Waals surface area contributed by atoms with Crippen LogP contribution < -0.4 is 5.73 Å². The van der Waals surface area contributed by atoms with E-state index < -0.39 is 0 Å². The van der Waals surface area contributed by atoms with Gasteiger partial charge in [-0.1, -0.05) is 12.1 Å². The highest BCUT2D eigenvalue weighted by atomic mass is 19.1. The molecule has 6 aromatic rings. The van der Waals surface area contributed by atoms with Gasteiger partial charge in [0.1, 0.15) is 17.0 Å². The molecule has 5 heterocycles. The summed E-state index contributed by atoms with van der Waals surface area (Å²) in [6.07, 6.45) is 6.68. The standard InChI is InChI=1S/C23H15FN8/c24-14-3-1-2-12(6-14)20-22-17(4-5-27-20)29-23(30-22)21-16-8-18(28-11-19(16)31-32-21)13-7-15(25)10-26-9-13/h1-11H,25H2,(H,29,30)(H,31,32). The van der Waals surface area contributed by atoms with Gasteiger partial charge in [0.2, 0.25) is 0 Å². The van der Waals surface area contributed by atoms with Crippen molar-refractivity contribution < 1.29 is 4.39 Å². The van der Waals surface area contributed by atoms with Gasteiger partial charge >= 0.3 is 0 Å². The van der Waals surface area contributed by atoms with Crippen LogP contribution in [0.3, 0.4) is 0 Å². The average molecular weight is 422 g/mol. The van der Waals surface area contributed by atoms with Crippen LogP contribution in [0.5, 0.6) is 0 Å². The third-order valence-corrected chi connectivity index (χ3v) is 5.23. The van der Waals surface area contributed by atoms with E-state index in [-0.39, 0.29) is 5.82 Å². The van der Waals surface area contributed by atoms with Gasteiger partial charge in [-0.2, -0.15) is 5.10 Å². The number of nitrogens with zero attached hydrogens (tertiary/aromatic N) is 5. The van der Waals surface area contributed by atoms with Crippen LogP contribution in [0.1, 0.15) is 0 Å². The van der Waals surface area contributed by atoms with Crippen LogP contribution in [0.4, 0.5) is 10.1 Å². The number of benzene rings is 1. The third kappa shape index (κ3) is 2.95. The number of anilines is 1. The van der Waals surface area contributed by atoms with Gasteiger partial charge in [-0.25, -0.2) is 9.37 Å². The summed E-state index contributed by atoms with van der Waals surface area (Å²) in [5, 5.41) is 8.29. The first-order chi connectivity index (χ1) is 15.7. The van der Waals surface area contributed by atoms with Gasteiger partial charge in [-0.15, -0.1) is 0 Å². The second-order valence-electron chi connectivity index (χ2n) is 7.35. The summed E-state index contributed by atoms with van der Waals surface area (Å²) < 4.78 is 13.8. The van der Waals surface area contributed by atoms with E-state index in [1.165, 1.54) is 12.1 Å². The van der Waals surface area contributed by atoms with Crippen molar-refractivity contribution in [3.8, 4) is 34.0 Å². The molecule has 154 valence electrons.